The molecule has 0 bridgehead atoms. The summed E-state index contributed by atoms with van der Waals surface area (Å²) < 4.78 is 5.35. The molecule has 1 saturated heterocycles. The second kappa shape index (κ2) is 8.23. The van der Waals surface area contributed by atoms with Crippen LogP contribution in [0.25, 0.3) is 0 Å². The molecular weight excluding hydrogens is 218 g/mol. The number of likely N-dealkylation sites (tertiary alicyclic amines) is 1. The van der Waals surface area contributed by atoms with Crippen LogP contribution in [0.4, 0.5) is 0 Å². The number of amides is 1. The molecule has 1 aliphatic rings. The normalized spacial score (nSPS) is 16.3. The minimum atomic E-state index is 0.0213. The number of hydrogen-bond donors (Lipinski definition) is 0. The summed E-state index contributed by atoms with van der Waals surface area (Å²) in [5.74, 6) is 0.280. The molecule has 0 radical (unpaired) electrons. The maximum Gasteiger partial charge on any atom is 0.248 e. The van der Waals surface area contributed by atoms with Crippen LogP contribution in [0.2, 0.25) is 0 Å². The Morgan fingerprint density at radius 2 is 1.94 bits per heavy atom. The van der Waals surface area contributed by atoms with Gasteiger partial charge in [-0.25, -0.2) is 0 Å². The van der Waals surface area contributed by atoms with Gasteiger partial charge in [0.1, 0.15) is 12.4 Å². The summed E-state index contributed by atoms with van der Waals surface area (Å²) in [6, 6.07) is 0. The lowest BCUT2D eigenvalue weighted by Gasteiger charge is -2.25. The number of carbonyl (C=O) groups is 2. The molecule has 0 spiro atoms. The predicted molar refractivity (Wildman–Crippen MR) is 65.8 cm³/mol. The lowest BCUT2D eigenvalue weighted by Crippen LogP contribution is -2.40. The van der Waals surface area contributed by atoms with E-state index in [-0.39, 0.29) is 18.3 Å². The highest BCUT2D eigenvalue weighted by atomic mass is 16.5. The third kappa shape index (κ3) is 5.82. The van der Waals surface area contributed by atoms with Gasteiger partial charge in [0, 0.05) is 32.5 Å². The molecule has 0 aliphatic carbocycles. The van der Waals surface area contributed by atoms with E-state index < -0.39 is 0 Å². The number of Topliss-reactive ketones (excluding diaryl/α,β-unsaturated/α-hetero) is 1. The van der Waals surface area contributed by atoms with Crippen molar-refractivity contribution in [2.24, 2.45) is 0 Å². The fraction of sp³-hybridized carbons (Fsp3) is 0.846. The zero-order valence-electron chi connectivity index (χ0n) is 10.7. The van der Waals surface area contributed by atoms with Crippen molar-refractivity contribution in [3.05, 3.63) is 0 Å². The van der Waals surface area contributed by atoms with Gasteiger partial charge in [-0.05, 0) is 6.42 Å². The number of carbonyl (C=O) groups excluding carboxylic acids is 2. The van der Waals surface area contributed by atoms with Crippen molar-refractivity contribution in [1.82, 2.24) is 4.90 Å². The quantitative estimate of drug-likeness (QED) is 0.638. The van der Waals surface area contributed by atoms with Gasteiger partial charge in [-0.3, -0.25) is 9.59 Å². The Kier molecular flexibility index (Phi) is 6.86. The summed E-state index contributed by atoms with van der Waals surface area (Å²) in [6.45, 7) is 4.13. The lowest BCUT2D eigenvalue weighted by molar-refractivity contribution is -0.138. The van der Waals surface area contributed by atoms with Gasteiger partial charge in [0.15, 0.2) is 0 Å². The van der Waals surface area contributed by atoms with Crippen molar-refractivity contribution >= 4 is 11.7 Å². The van der Waals surface area contributed by atoms with Crippen LogP contribution in [0.15, 0.2) is 0 Å². The van der Waals surface area contributed by atoms with E-state index in [0.717, 1.165) is 6.42 Å². The molecular formula is C13H23NO3. The highest BCUT2D eigenvalue weighted by Crippen LogP contribution is 2.06. The van der Waals surface area contributed by atoms with Crippen LogP contribution >= 0.6 is 0 Å². The second-order valence-electron chi connectivity index (χ2n) is 4.53. The maximum absolute atomic E-state index is 11.7. The number of rotatable bonds is 7. The zero-order valence-corrected chi connectivity index (χ0v) is 10.7. The van der Waals surface area contributed by atoms with E-state index >= 15 is 0 Å². The summed E-state index contributed by atoms with van der Waals surface area (Å²) >= 11 is 0. The Balaban J connectivity index is 2.03. The van der Waals surface area contributed by atoms with E-state index in [1.165, 1.54) is 19.3 Å². The Morgan fingerprint density at radius 1 is 1.24 bits per heavy atom. The molecule has 0 atom stereocenters. The maximum atomic E-state index is 11.7. The number of ether oxygens (including phenoxy) is 1. The van der Waals surface area contributed by atoms with E-state index in [1.54, 1.807) is 4.90 Å². The van der Waals surface area contributed by atoms with E-state index in [9.17, 15) is 9.59 Å². The molecule has 4 nitrogen and oxygen atoms in total. The number of piperidine rings is 1. The van der Waals surface area contributed by atoms with Gasteiger partial charge in [-0.15, -0.1) is 0 Å². The first-order chi connectivity index (χ1) is 8.24. The summed E-state index contributed by atoms with van der Waals surface area (Å²) in [7, 11) is 0. The van der Waals surface area contributed by atoms with Crippen molar-refractivity contribution in [2.45, 2.75) is 45.4 Å². The molecule has 1 amide bonds. The fourth-order valence-corrected chi connectivity index (χ4v) is 1.89. The molecule has 1 rings (SSSR count). The number of ketones is 1. The van der Waals surface area contributed by atoms with Crippen molar-refractivity contribution in [3.63, 3.8) is 0 Å². The van der Waals surface area contributed by atoms with Gasteiger partial charge in [0.2, 0.25) is 5.91 Å². The molecule has 4 heteroatoms. The van der Waals surface area contributed by atoms with E-state index in [0.29, 0.717) is 32.5 Å². The Morgan fingerprint density at radius 3 is 2.59 bits per heavy atom. The van der Waals surface area contributed by atoms with Gasteiger partial charge in [0.25, 0.3) is 0 Å². The zero-order chi connectivity index (χ0) is 12.5. The second-order valence-corrected chi connectivity index (χ2v) is 4.53. The van der Waals surface area contributed by atoms with Crippen molar-refractivity contribution in [3.8, 4) is 0 Å². The Hall–Kier alpha value is -0.900. The summed E-state index contributed by atoms with van der Waals surface area (Å²) in [5.41, 5.74) is 0. The van der Waals surface area contributed by atoms with Gasteiger partial charge in [-0.1, -0.05) is 26.2 Å². The standard InChI is InChI=1S/C13H23NO3/c1-2-3-4-5-10-17-11-13(16)14-8-6-12(15)7-9-14/h2-11H2,1H3. The monoisotopic (exact) mass is 241 g/mol. The van der Waals surface area contributed by atoms with Gasteiger partial charge < -0.3 is 9.64 Å². The first-order valence-corrected chi connectivity index (χ1v) is 6.61. The average molecular weight is 241 g/mol. The first-order valence-electron chi connectivity index (χ1n) is 6.61. The van der Waals surface area contributed by atoms with Gasteiger partial charge in [0.05, 0.1) is 0 Å². The molecule has 1 aliphatic heterocycles. The number of nitrogens with zero attached hydrogens (tertiary/aromatic N) is 1. The van der Waals surface area contributed by atoms with Gasteiger partial charge in [-0.2, -0.15) is 0 Å². The SMILES string of the molecule is CCCCCCOCC(=O)N1CCC(=O)CC1. The third-order valence-corrected chi connectivity index (χ3v) is 3.04. The summed E-state index contributed by atoms with van der Waals surface area (Å²) in [6.07, 6.45) is 5.64. The molecule has 0 N–H and O–H groups in total. The summed E-state index contributed by atoms with van der Waals surface area (Å²) in [4.78, 5) is 24.4. The van der Waals surface area contributed by atoms with Crippen LogP contribution in [0, 0.1) is 0 Å². The lowest BCUT2D eigenvalue weighted by atomic mass is 10.1. The van der Waals surface area contributed by atoms with Crippen LogP contribution in [0.5, 0.6) is 0 Å². The molecule has 0 aromatic carbocycles. The summed E-state index contributed by atoms with van der Waals surface area (Å²) in [5, 5.41) is 0. The van der Waals surface area contributed by atoms with Crippen LogP contribution in [0.1, 0.15) is 45.4 Å². The topological polar surface area (TPSA) is 46.6 Å². The average Bonchev–Trinajstić information content (AvgIpc) is 2.34. The highest BCUT2D eigenvalue weighted by Gasteiger charge is 2.20. The number of hydrogen-bond acceptors (Lipinski definition) is 3. The third-order valence-electron chi connectivity index (χ3n) is 3.04. The van der Waals surface area contributed by atoms with Crippen LogP contribution in [0.3, 0.4) is 0 Å². The van der Waals surface area contributed by atoms with Crippen LogP contribution in [-0.4, -0.2) is 42.9 Å². The van der Waals surface area contributed by atoms with Crippen molar-refractivity contribution in [2.75, 3.05) is 26.3 Å². The molecule has 98 valence electrons. The molecule has 0 saturated carbocycles. The molecule has 1 heterocycles. The first kappa shape index (κ1) is 14.2. The highest BCUT2D eigenvalue weighted by molar-refractivity contribution is 5.83. The van der Waals surface area contributed by atoms with Crippen molar-refractivity contribution < 1.29 is 14.3 Å². The fourth-order valence-electron chi connectivity index (χ4n) is 1.89. The van der Waals surface area contributed by atoms with E-state index in [1.807, 2.05) is 0 Å². The van der Waals surface area contributed by atoms with E-state index in [2.05, 4.69) is 6.92 Å². The molecule has 1 fully saturated rings. The van der Waals surface area contributed by atoms with Crippen molar-refractivity contribution in [1.29, 1.82) is 0 Å². The smallest absolute Gasteiger partial charge is 0.248 e. The Bertz CT molecular complexity index is 243. The molecule has 17 heavy (non-hydrogen) atoms. The minimum Gasteiger partial charge on any atom is -0.372 e. The van der Waals surface area contributed by atoms with Crippen LogP contribution in [-0.2, 0) is 14.3 Å². The molecule has 0 aromatic heterocycles. The number of unbranched alkanes of at least 4 members (excludes halogenated alkanes) is 3. The minimum absolute atomic E-state index is 0.0213. The molecule has 0 aromatic rings. The predicted octanol–water partition coefficient (Wildman–Crippen LogP) is 1.77. The van der Waals surface area contributed by atoms with E-state index in [4.69, 9.17) is 4.74 Å². The Labute approximate surface area is 103 Å². The van der Waals surface area contributed by atoms with Crippen LogP contribution < -0.4 is 0 Å². The molecule has 0 unspecified atom stereocenters. The van der Waals surface area contributed by atoms with Gasteiger partial charge >= 0.3 is 0 Å². The largest absolute Gasteiger partial charge is 0.372 e.